The van der Waals surface area contributed by atoms with Crippen LogP contribution in [0, 0.1) is 13.8 Å². The molecule has 2 N–H and O–H groups in total. The molecule has 0 fully saturated rings. The van der Waals surface area contributed by atoms with E-state index in [-0.39, 0.29) is 11.3 Å². The van der Waals surface area contributed by atoms with Crippen LogP contribution in [-0.2, 0) is 21.2 Å². The van der Waals surface area contributed by atoms with Gasteiger partial charge in [0.05, 0.1) is 4.90 Å². The maximum atomic E-state index is 13.1. The first-order valence-corrected chi connectivity index (χ1v) is 11.7. The Labute approximate surface area is 185 Å². The highest BCUT2D eigenvalue weighted by molar-refractivity contribution is 9.10. The molecule has 0 radical (unpaired) electrons. The van der Waals surface area contributed by atoms with Crippen LogP contribution in [0.2, 0.25) is 0 Å². The van der Waals surface area contributed by atoms with Gasteiger partial charge in [0.1, 0.15) is 6.04 Å². The number of carbonyl (C=O) groups is 1. The van der Waals surface area contributed by atoms with E-state index in [1.54, 1.807) is 12.1 Å². The predicted molar refractivity (Wildman–Crippen MR) is 123 cm³/mol. The van der Waals surface area contributed by atoms with E-state index in [0.717, 1.165) is 21.2 Å². The van der Waals surface area contributed by atoms with Gasteiger partial charge >= 0.3 is 0 Å². The zero-order chi connectivity index (χ0) is 21.7. The lowest BCUT2D eigenvalue weighted by Gasteiger charge is -2.19. The van der Waals surface area contributed by atoms with Crippen molar-refractivity contribution < 1.29 is 13.2 Å². The molecule has 156 valence electrons. The molecular formula is C23H23BrN2O3S. The normalized spacial score (nSPS) is 12.4. The maximum absolute atomic E-state index is 13.1. The molecule has 0 aromatic heterocycles. The van der Waals surface area contributed by atoms with Crippen LogP contribution in [0.1, 0.15) is 16.7 Å². The number of aryl methyl sites for hydroxylation is 2. The third kappa shape index (κ3) is 6.01. The fraction of sp³-hybridized carbons (Fsp3) is 0.174. The van der Waals surface area contributed by atoms with Crippen LogP contribution in [-0.4, -0.2) is 20.4 Å². The van der Waals surface area contributed by atoms with Crippen molar-refractivity contribution in [2.45, 2.75) is 31.2 Å². The predicted octanol–water partition coefficient (Wildman–Crippen LogP) is 4.59. The van der Waals surface area contributed by atoms with Crippen LogP contribution in [0.3, 0.4) is 0 Å². The minimum absolute atomic E-state index is 0.1000. The maximum Gasteiger partial charge on any atom is 0.242 e. The molecule has 3 rings (SSSR count). The lowest BCUT2D eigenvalue weighted by Crippen LogP contribution is -2.45. The molecule has 5 nitrogen and oxygen atoms in total. The lowest BCUT2D eigenvalue weighted by atomic mass is 10.1. The quantitative estimate of drug-likeness (QED) is 0.512. The Balaban J connectivity index is 1.87. The second-order valence-electron chi connectivity index (χ2n) is 7.18. The molecule has 30 heavy (non-hydrogen) atoms. The highest BCUT2D eigenvalue weighted by Gasteiger charge is 2.26. The minimum Gasteiger partial charge on any atom is -0.325 e. The molecular weight excluding hydrogens is 464 g/mol. The van der Waals surface area contributed by atoms with Crippen molar-refractivity contribution in [1.82, 2.24) is 4.72 Å². The Morgan fingerprint density at radius 2 is 1.53 bits per heavy atom. The monoisotopic (exact) mass is 486 g/mol. The van der Waals surface area contributed by atoms with Crippen molar-refractivity contribution >= 4 is 37.5 Å². The molecule has 3 aromatic carbocycles. The number of carbonyl (C=O) groups excluding carboxylic acids is 1. The van der Waals surface area contributed by atoms with Crippen LogP contribution in [0.15, 0.2) is 82.2 Å². The van der Waals surface area contributed by atoms with Crippen LogP contribution < -0.4 is 10.0 Å². The van der Waals surface area contributed by atoms with Crippen molar-refractivity contribution in [3.63, 3.8) is 0 Å². The largest absolute Gasteiger partial charge is 0.325 e. The molecule has 0 aliphatic heterocycles. The summed E-state index contributed by atoms with van der Waals surface area (Å²) in [4.78, 5) is 13.2. The summed E-state index contributed by atoms with van der Waals surface area (Å²) in [6.07, 6.45) is 0.229. The van der Waals surface area contributed by atoms with Crippen LogP contribution in [0.5, 0.6) is 0 Å². The van der Waals surface area contributed by atoms with Gasteiger partial charge in [-0.2, -0.15) is 4.72 Å². The first-order valence-electron chi connectivity index (χ1n) is 9.44. The smallest absolute Gasteiger partial charge is 0.242 e. The first-order chi connectivity index (χ1) is 14.2. The molecule has 7 heteroatoms. The van der Waals surface area contributed by atoms with Crippen molar-refractivity contribution in [2.75, 3.05) is 5.32 Å². The highest BCUT2D eigenvalue weighted by Crippen LogP contribution is 2.18. The molecule has 0 aliphatic carbocycles. The van der Waals surface area contributed by atoms with E-state index in [0.29, 0.717) is 5.69 Å². The summed E-state index contributed by atoms with van der Waals surface area (Å²) in [5, 5.41) is 2.85. The summed E-state index contributed by atoms with van der Waals surface area (Å²) >= 11 is 3.30. The van der Waals surface area contributed by atoms with E-state index in [9.17, 15) is 13.2 Å². The van der Waals surface area contributed by atoms with Gasteiger partial charge in [-0.15, -0.1) is 0 Å². The van der Waals surface area contributed by atoms with Gasteiger partial charge in [-0.05, 0) is 73.4 Å². The van der Waals surface area contributed by atoms with Gasteiger partial charge in [-0.25, -0.2) is 8.42 Å². The van der Waals surface area contributed by atoms with Crippen LogP contribution >= 0.6 is 15.9 Å². The molecule has 0 bridgehead atoms. The molecule has 0 spiro atoms. The number of anilines is 1. The molecule has 1 atom stereocenters. The molecule has 3 aromatic rings. The second kappa shape index (κ2) is 9.55. The van der Waals surface area contributed by atoms with Crippen molar-refractivity contribution in [3.8, 4) is 0 Å². The minimum atomic E-state index is -3.88. The second-order valence-corrected chi connectivity index (χ2v) is 9.81. The zero-order valence-electron chi connectivity index (χ0n) is 16.7. The SMILES string of the molecule is Cc1cc(C)cc(NC(=O)[C@@H](Cc2ccccc2)NS(=O)(=O)c2ccc(Br)cc2)c1. The summed E-state index contributed by atoms with van der Waals surface area (Å²) in [6, 6.07) is 20.4. The molecule has 0 heterocycles. The number of benzene rings is 3. The van der Waals surface area contributed by atoms with Gasteiger partial charge in [0, 0.05) is 10.2 Å². The standard InChI is InChI=1S/C23H23BrN2O3S/c1-16-12-17(2)14-20(13-16)25-23(27)22(15-18-6-4-3-5-7-18)26-30(28,29)21-10-8-19(24)9-11-21/h3-14,22,26H,15H2,1-2H3,(H,25,27)/t22-/m1/s1. The van der Waals surface area contributed by atoms with E-state index in [1.807, 2.05) is 62.4 Å². The number of amides is 1. The van der Waals surface area contributed by atoms with Crippen molar-refractivity contribution in [1.29, 1.82) is 0 Å². The molecule has 0 aliphatic rings. The molecule has 0 saturated carbocycles. The Morgan fingerprint density at radius 3 is 2.13 bits per heavy atom. The van der Waals surface area contributed by atoms with Crippen molar-refractivity contribution in [3.05, 3.63) is 94.0 Å². The van der Waals surface area contributed by atoms with E-state index < -0.39 is 22.0 Å². The average Bonchev–Trinajstić information content (AvgIpc) is 2.67. The molecule has 0 saturated heterocycles. The number of hydrogen-bond acceptors (Lipinski definition) is 3. The Bertz CT molecular complexity index is 1110. The van der Waals surface area contributed by atoms with Crippen LogP contribution in [0.4, 0.5) is 5.69 Å². The van der Waals surface area contributed by atoms with Gasteiger partial charge in [0.25, 0.3) is 0 Å². The first kappa shape index (κ1) is 22.2. The number of nitrogens with one attached hydrogen (secondary N) is 2. The number of rotatable bonds is 7. The van der Waals surface area contributed by atoms with Gasteiger partial charge in [0.15, 0.2) is 0 Å². The zero-order valence-corrected chi connectivity index (χ0v) is 19.1. The topological polar surface area (TPSA) is 75.3 Å². The van der Waals surface area contributed by atoms with Crippen molar-refractivity contribution in [2.24, 2.45) is 0 Å². The summed E-state index contributed by atoms with van der Waals surface area (Å²) in [6.45, 7) is 3.89. The van der Waals surface area contributed by atoms with E-state index >= 15 is 0 Å². The third-order valence-corrected chi connectivity index (χ3v) is 6.53. The lowest BCUT2D eigenvalue weighted by molar-refractivity contribution is -0.117. The summed E-state index contributed by atoms with van der Waals surface area (Å²) in [5.74, 6) is -0.412. The van der Waals surface area contributed by atoms with E-state index in [2.05, 4.69) is 26.0 Å². The number of hydrogen-bond donors (Lipinski definition) is 2. The number of sulfonamides is 1. The average molecular weight is 487 g/mol. The Kier molecular flexibility index (Phi) is 7.07. The fourth-order valence-electron chi connectivity index (χ4n) is 3.18. The van der Waals surface area contributed by atoms with Crippen LogP contribution in [0.25, 0.3) is 0 Å². The summed E-state index contributed by atoms with van der Waals surface area (Å²) in [5.41, 5.74) is 3.52. The summed E-state index contributed by atoms with van der Waals surface area (Å²) in [7, 11) is -3.88. The highest BCUT2D eigenvalue weighted by atomic mass is 79.9. The van der Waals surface area contributed by atoms with Gasteiger partial charge in [0.2, 0.25) is 15.9 Å². The Morgan fingerprint density at radius 1 is 0.933 bits per heavy atom. The van der Waals surface area contributed by atoms with Gasteiger partial charge < -0.3 is 5.32 Å². The van der Waals surface area contributed by atoms with E-state index in [4.69, 9.17) is 0 Å². The molecule has 0 unspecified atom stereocenters. The van der Waals surface area contributed by atoms with Gasteiger partial charge in [-0.3, -0.25) is 4.79 Å². The summed E-state index contributed by atoms with van der Waals surface area (Å²) < 4.78 is 29.2. The van der Waals surface area contributed by atoms with Gasteiger partial charge in [-0.1, -0.05) is 52.3 Å². The Hall–Kier alpha value is -2.48. The van der Waals surface area contributed by atoms with E-state index in [1.165, 1.54) is 12.1 Å². The molecule has 1 amide bonds. The fourth-order valence-corrected chi connectivity index (χ4v) is 4.64. The third-order valence-electron chi connectivity index (χ3n) is 4.51. The number of halogens is 1.